The Morgan fingerprint density at radius 3 is 2.29 bits per heavy atom. The number of hydrogen-bond donors (Lipinski definition) is 0. The van der Waals surface area contributed by atoms with Crippen molar-refractivity contribution in [3.8, 4) is 0 Å². The fraction of sp³-hybridized carbons (Fsp3) is 0.615. The van der Waals surface area contributed by atoms with Crippen LogP contribution in [0.5, 0.6) is 0 Å². The Balaban J connectivity index is 2.01. The van der Waals surface area contributed by atoms with Crippen LogP contribution in [0, 0.1) is 6.42 Å². The largest absolute Gasteiger partial charge is 0.0693 e. The molecule has 0 amide bonds. The maximum atomic E-state index is 2.48. The van der Waals surface area contributed by atoms with Crippen molar-refractivity contribution in [2.75, 3.05) is 0 Å². The van der Waals surface area contributed by atoms with Gasteiger partial charge in [0.1, 0.15) is 0 Å². The second-order valence-corrected chi connectivity index (χ2v) is 11.3. The Labute approximate surface area is 89.1 Å². The van der Waals surface area contributed by atoms with Crippen LogP contribution >= 0.6 is 0 Å². The van der Waals surface area contributed by atoms with Crippen LogP contribution in [0.2, 0.25) is 25.7 Å². The normalized spacial score (nSPS) is 22.4. The van der Waals surface area contributed by atoms with Crippen molar-refractivity contribution in [1.29, 1.82) is 0 Å². The maximum Gasteiger partial charge on any atom is 0.0483 e. The fourth-order valence-corrected chi connectivity index (χ4v) is 3.91. The van der Waals surface area contributed by atoms with Gasteiger partial charge < -0.3 is 0 Å². The molecule has 0 heterocycles. The van der Waals surface area contributed by atoms with Crippen molar-refractivity contribution in [2.45, 2.75) is 51.4 Å². The van der Waals surface area contributed by atoms with Gasteiger partial charge in [0.05, 0.1) is 0 Å². The molecule has 0 aromatic rings. The molecule has 0 unspecified atom stereocenters. The van der Waals surface area contributed by atoms with Crippen molar-refractivity contribution in [3.63, 3.8) is 0 Å². The van der Waals surface area contributed by atoms with Crippen molar-refractivity contribution in [3.05, 3.63) is 29.2 Å². The Bertz CT molecular complexity index is 289. The molecule has 0 aliphatic heterocycles. The maximum absolute atomic E-state index is 2.48. The lowest BCUT2D eigenvalue weighted by molar-refractivity contribution is 0.693. The minimum absolute atomic E-state index is 0.913. The molecule has 0 saturated carbocycles. The Kier molecular flexibility index (Phi) is 2.69. The lowest BCUT2D eigenvalue weighted by Crippen LogP contribution is -2.19. The van der Waals surface area contributed by atoms with Gasteiger partial charge in [0.25, 0.3) is 0 Å². The molecule has 1 heteroatoms. The van der Waals surface area contributed by atoms with Crippen LogP contribution < -0.4 is 0 Å². The average Bonchev–Trinajstić information content (AvgIpc) is 2.42. The quantitative estimate of drug-likeness (QED) is 0.588. The van der Waals surface area contributed by atoms with Gasteiger partial charge in [-0.05, 0) is 37.3 Å². The molecule has 0 atom stereocenters. The van der Waals surface area contributed by atoms with Gasteiger partial charge in [-0.15, -0.1) is 0 Å². The third-order valence-electron chi connectivity index (χ3n) is 3.01. The molecular formula is C13H21Si. The Hall–Kier alpha value is -0.303. The summed E-state index contributed by atoms with van der Waals surface area (Å²) in [4.78, 5) is 0. The molecule has 0 aromatic heterocycles. The first-order valence-electron chi connectivity index (χ1n) is 5.82. The highest BCUT2D eigenvalue weighted by atomic mass is 28.3. The molecule has 0 N–H and O–H groups in total. The van der Waals surface area contributed by atoms with Gasteiger partial charge in [-0.2, -0.15) is 0 Å². The van der Waals surface area contributed by atoms with E-state index in [1.165, 1.54) is 31.7 Å². The summed E-state index contributed by atoms with van der Waals surface area (Å²) in [5, 5.41) is 0. The average molecular weight is 205 g/mol. The summed E-state index contributed by atoms with van der Waals surface area (Å²) in [5.74, 6) is 0. The lowest BCUT2D eigenvalue weighted by atomic mass is 9.94. The Morgan fingerprint density at radius 2 is 1.71 bits per heavy atom. The van der Waals surface area contributed by atoms with E-state index < -0.39 is 8.07 Å². The van der Waals surface area contributed by atoms with Gasteiger partial charge in [-0.25, -0.2) is 0 Å². The van der Waals surface area contributed by atoms with Gasteiger partial charge in [-0.3, -0.25) is 0 Å². The highest BCUT2D eigenvalue weighted by Gasteiger charge is 2.23. The van der Waals surface area contributed by atoms with Gasteiger partial charge in [0.15, 0.2) is 0 Å². The second-order valence-electron chi connectivity index (χ2n) is 5.86. The van der Waals surface area contributed by atoms with Crippen molar-refractivity contribution < 1.29 is 0 Å². The van der Waals surface area contributed by atoms with Gasteiger partial charge in [-0.1, -0.05) is 36.9 Å². The highest BCUT2D eigenvalue weighted by Crippen LogP contribution is 2.37. The standard InChI is InChI=1S/C13H21Si/c1-14(2,3)10-11-8-12-6-4-5-7-13(12)9-11/h8-9H,4-7,10H2,1-3H3. The fourth-order valence-electron chi connectivity index (χ4n) is 2.49. The molecule has 2 aliphatic rings. The molecule has 2 rings (SSSR count). The predicted molar refractivity (Wildman–Crippen MR) is 66.0 cm³/mol. The summed E-state index contributed by atoms with van der Waals surface area (Å²) in [6.45, 7) is 7.37. The van der Waals surface area contributed by atoms with E-state index >= 15 is 0 Å². The zero-order chi connectivity index (χ0) is 10.2. The van der Waals surface area contributed by atoms with E-state index in [-0.39, 0.29) is 0 Å². The molecule has 0 bridgehead atoms. The van der Waals surface area contributed by atoms with Gasteiger partial charge >= 0.3 is 0 Å². The zero-order valence-corrected chi connectivity index (χ0v) is 10.7. The van der Waals surface area contributed by atoms with Crippen LogP contribution in [0.15, 0.2) is 22.8 Å². The van der Waals surface area contributed by atoms with Crippen LogP contribution in [-0.2, 0) is 0 Å². The molecule has 2 aliphatic carbocycles. The SMILES string of the molecule is C[Si](C)(C)CC1=CC2=C([CH]1)CCCC2. The van der Waals surface area contributed by atoms with Crippen LogP contribution in [0.1, 0.15) is 25.7 Å². The molecule has 0 nitrogen and oxygen atoms in total. The predicted octanol–water partition coefficient (Wildman–Crippen LogP) is 4.34. The number of allylic oxidation sites excluding steroid dienone is 4. The number of hydrogen-bond acceptors (Lipinski definition) is 0. The van der Waals surface area contributed by atoms with E-state index in [0.29, 0.717) is 0 Å². The first-order chi connectivity index (χ1) is 6.54. The van der Waals surface area contributed by atoms with Gasteiger partial charge in [0.2, 0.25) is 0 Å². The molecule has 0 spiro atoms. The van der Waals surface area contributed by atoms with Crippen molar-refractivity contribution in [2.24, 2.45) is 0 Å². The smallest absolute Gasteiger partial charge is 0.0483 e. The third kappa shape index (κ3) is 2.38. The second kappa shape index (κ2) is 3.69. The lowest BCUT2D eigenvalue weighted by Gasteiger charge is -2.16. The van der Waals surface area contributed by atoms with Crippen LogP contribution in [-0.4, -0.2) is 8.07 Å². The molecular weight excluding hydrogens is 184 g/mol. The molecule has 77 valence electrons. The van der Waals surface area contributed by atoms with E-state index in [4.69, 9.17) is 0 Å². The van der Waals surface area contributed by atoms with E-state index in [1.807, 2.05) is 0 Å². The molecule has 0 saturated heterocycles. The van der Waals surface area contributed by atoms with Crippen molar-refractivity contribution >= 4 is 8.07 Å². The van der Waals surface area contributed by atoms with Crippen molar-refractivity contribution in [1.82, 2.24) is 0 Å². The minimum atomic E-state index is -0.913. The summed E-state index contributed by atoms with van der Waals surface area (Å²) in [6, 6.07) is 1.36. The van der Waals surface area contributed by atoms with E-state index in [2.05, 4.69) is 32.1 Å². The first kappa shape index (κ1) is 10.2. The molecule has 0 aromatic carbocycles. The van der Waals surface area contributed by atoms with Crippen LogP contribution in [0.25, 0.3) is 0 Å². The first-order valence-corrected chi connectivity index (χ1v) is 9.53. The van der Waals surface area contributed by atoms with Crippen LogP contribution in [0.3, 0.4) is 0 Å². The number of rotatable bonds is 2. The Morgan fingerprint density at radius 1 is 1.07 bits per heavy atom. The summed E-state index contributed by atoms with van der Waals surface area (Å²) < 4.78 is 0. The van der Waals surface area contributed by atoms with E-state index in [0.717, 1.165) is 0 Å². The molecule has 1 radical (unpaired) electrons. The van der Waals surface area contributed by atoms with E-state index in [1.54, 1.807) is 16.7 Å². The molecule has 14 heavy (non-hydrogen) atoms. The van der Waals surface area contributed by atoms with Gasteiger partial charge in [0, 0.05) is 14.5 Å². The topological polar surface area (TPSA) is 0 Å². The summed E-state index contributed by atoms with van der Waals surface area (Å²) in [6.07, 6.45) is 10.4. The summed E-state index contributed by atoms with van der Waals surface area (Å²) >= 11 is 0. The summed E-state index contributed by atoms with van der Waals surface area (Å²) in [5.41, 5.74) is 4.94. The highest BCUT2D eigenvalue weighted by molar-refractivity contribution is 6.76. The third-order valence-corrected chi connectivity index (χ3v) is 4.48. The zero-order valence-electron chi connectivity index (χ0n) is 9.69. The van der Waals surface area contributed by atoms with E-state index in [9.17, 15) is 0 Å². The monoisotopic (exact) mass is 205 g/mol. The van der Waals surface area contributed by atoms with Crippen LogP contribution in [0.4, 0.5) is 0 Å². The minimum Gasteiger partial charge on any atom is -0.0693 e. The molecule has 0 fully saturated rings. The summed E-state index contributed by atoms with van der Waals surface area (Å²) in [7, 11) is -0.913.